The van der Waals surface area contributed by atoms with Crippen molar-refractivity contribution in [3.8, 4) is 0 Å². The van der Waals surface area contributed by atoms with Gasteiger partial charge in [0.25, 0.3) is 0 Å². The number of hydrogen-bond donors (Lipinski definition) is 1. The largest absolute Gasteiger partial charge is 0.444 e. The monoisotopic (exact) mass is 449 g/mol. The molecule has 146 valence electrons. The first-order chi connectivity index (χ1) is 11.6. The molecule has 1 aromatic carbocycles. The minimum absolute atomic E-state index is 0.170. The lowest BCUT2D eigenvalue weighted by Crippen LogP contribution is -2.28. The zero-order chi connectivity index (χ0) is 20.5. The Morgan fingerprint density at radius 1 is 1.04 bits per heavy atom. The number of carbonyl (C=O) groups is 2. The Bertz CT molecular complexity index is 707. The van der Waals surface area contributed by atoms with Gasteiger partial charge in [0.05, 0.1) is 27.7 Å². The summed E-state index contributed by atoms with van der Waals surface area (Å²) >= 11 is 2.68. The van der Waals surface area contributed by atoms with Gasteiger partial charge in [-0.2, -0.15) is 26.3 Å². The first kappa shape index (κ1) is 22.3. The first-order valence-corrected chi connectivity index (χ1v) is 8.10. The minimum Gasteiger partial charge on any atom is -0.444 e. The number of rotatable bonds is 3. The molecule has 0 saturated heterocycles. The molecule has 0 aliphatic carbocycles. The number of anilines is 1. The number of amides is 1. The smallest absolute Gasteiger partial charge is 0.417 e. The number of ether oxygens (including phenoxy) is 1. The van der Waals surface area contributed by atoms with Gasteiger partial charge in [-0.05, 0) is 32.9 Å². The van der Waals surface area contributed by atoms with Gasteiger partial charge in [0, 0.05) is 0 Å². The van der Waals surface area contributed by atoms with Crippen LogP contribution in [0.15, 0.2) is 12.1 Å². The summed E-state index contributed by atoms with van der Waals surface area (Å²) in [6.45, 7) is 4.35. The molecule has 0 radical (unpaired) electrons. The Labute approximate surface area is 153 Å². The van der Waals surface area contributed by atoms with Crippen molar-refractivity contribution in [2.24, 2.45) is 0 Å². The molecule has 1 amide bonds. The molecule has 0 aliphatic rings. The van der Waals surface area contributed by atoms with E-state index < -0.39 is 57.5 Å². The lowest BCUT2D eigenvalue weighted by atomic mass is 9.98. The molecule has 4 nitrogen and oxygen atoms in total. The summed E-state index contributed by atoms with van der Waals surface area (Å²) in [5.41, 5.74) is -6.55. The molecule has 0 atom stereocenters. The number of nitrogens with one attached hydrogen (secondary N) is 1. The molecular weight excluding hydrogens is 436 g/mol. The van der Waals surface area contributed by atoms with Crippen molar-refractivity contribution in [1.29, 1.82) is 0 Å². The average molecular weight is 450 g/mol. The second kappa shape index (κ2) is 7.45. The number of halogens is 7. The summed E-state index contributed by atoms with van der Waals surface area (Å²) in [5.74, 6) is -1.16. The third-order valence-electron chi connectivity index (χ3n) is 2.81. The van der Waals surface area contributed by atoms with E-state index in [0.717, 1.165) is 0 Å². The van der Waals surface area contributed by atoms with Gasteiger partial charge < -0.3 is 4.74 Å². The fourth-order valence-corrected chi connectivity index (χ4v) is 2.19. The minimum atomic E-state index is -5.25. The third kappa shape index (κ3) is 5.89. The Kier molecular flexibility index (Phi) is 6.38. The van der Waals surface area contributed by atoms with E-state index in [4.69, 9.17) is 4.74 Å². The van der Waals surface area contributed by atoms with Crippen molar-refractivity contribution in [2.75, 3.05) is 10.6 Å². The van der Waals surface area contributed by atoms with Crippen LogP contribution in [0.2, 0.25) is 0 Å². The Hall–Kier alpha value is -1.78. The number of alkyl halides is 7. The molecule has 0 heterocycles. The van der Waals surface area contributed by atoms with E-state index in [0.29, 0.717) is 0 Å². The highest BCUT2D eigenvalue weighted by Gasteiger charge is 2.41. The van der Waals surface area contributed by atoms with Gasteiger partial charge in [0.2, 0.25) is 0 Å². The van der Waals surface area contributed by atoms with Crippen LogP contribution in [0.5, 0.6) is 0 Å². The van der Waals surface area contributed by atoms with Gasteiger partial charge >= 0.3 is 18.4 Å². The Morgan fingerprint density at radius 3 is 1.96 bits per heavy atom. The number of carbonyl (C=O) groups excluding carboxylic acids is 2. The summed E-state index contributed by atoms with van der Waals surface area (Å²) in [5, 5.41) is 1.21. The number of benzene rings is 1. The van der Waals surface area contributed by atoms with Crippen LogP contribution in [0.1, 0.15) is 42.3 Å². The Morgan fingerprint density at radius 2 is 1.58 bits per heavy atom. The fraction of sp³-hybridized carbons (Fsp3) is 0.467. The average Bonchev–Trinajstić information content (AvgIpc) is 2.41. The summed E-state index contributed by atoms with van der Waals surface area (Å²) in [6.07, 6.45) is -11.7. The van der Waals surface area contributed by atoms with Crippen molar-refractivity contribution < 1.29 is 40.7 Å². The molecule has 1 N–H and O–H groups in total. The first-order valence-electron chi connectivity index (χ1n) is 6.98. The zero-order valence-corrected chi connectivity index (χ0v) is 15.3. The van der Waals surface area contributed by atoms with Crippen LogP contribution in [-0.4, -0.2) is 22.8 Å². The van der Waals surface area contributed by atoms with Crippen LogP contribution < -0.4 is 5.32 Å². The van der Waals surface area contributed by atoms with Crippen LogP contribution in [0, 0.1) is 0 Å². The lowest BCUT2D eigenvalue weighted by Gasteiger charge is -2.22. The molecule has 0 fully saturated rings. The van der Waals surface area contributed by atoms with Crippen LogP contribution in [-0.2, 0) is 17.1 Å². The van der Waals surface area contributed by atoms with Crippen molar-refractivity contribution in [3.63, 3.8) is 0 Å². The maximum absolute atomic E-state index is 13.2. The molecule has 0 aliphatic heterocycles. The summed E-state index contributed by atoms with van der Waals surface area (Å²) in [4.78, 5) is 23.7. The van der Waals surface area contributed by atoms with E-state index in [1.807, 2.05) is 0 Å². The molecule has 1 aromatic rings. The molecule has 0 saturated carbocycles. The second-order valence-electron chi connectivity index (χ2n) is 6.13. The predicted molar refractivity (Wildman–Crippen MR) is 84.4 cm³/mol. The van der Waals surface area contributed by atoms with Gasteiger partial charge in [-0.25, -0.2) is 4.79 Å². The van der Waals surface area contributed by atoms with Gasteiger partial charge in [-0.15, -0.1) is 0 Å². The third-order valence-corrected chi connectivity index (χ3v) is 3.32. The van der Waals surface area contributed by atoms with Crippen LogP contribution in [0.3, 0.4) is 0 Å². The fourth-order valence-electron chi connectivity index (χ4n) is 1.91. The molecule has 0 aromatic heterocycles. The molecular formula is C15H14BrF6NO3. The van der Waals surface area contributed by atoms with E-state index in [1.165, 1.54) is 20.8 Å². The summed E-state index contributed by atoms with van der Waals surface area (Å²) in [6, 6.07) is 0.0885. The van der Waals surface area contributed by atoms with E-state index in [2.05, 4.69) is 15.9 Å². The van der Waals surface area contributed by atoms with Crippen molar-refractivity contribution in [1.82, 2.24) is 0 Å². The van der Waals surface area contributed by atoms with Crippen molar-refractivity contribution >= 4 is 33.5 Å². The van der Waals surface area contributed by atoms with Crippen LogP contribution in [0.4, 0.5) is 36.8 Å². The zero-order valence-electron chi connectivity index (χ0n) is 13.7. The van der Waals surface area contributed by atoms with E-state index in [9.17, 15) is 35.9 Å². The van der Waals surface area contributed by atoms with E-state index >= 15 is 0 Å². The van der Waals surface area contributed by atoms with Gasteiger partial charge in [0.15, 0.2) is 5.78 Å². The van der Waals surface area contributed by atoms with Gasteiger partial charge in [-0.3, -0.25) is 10.1 Å². The maximum atomic E-state index is 13.2. The summed E-state index contributed by atoms with van der Waals surface area (Å²) in [7, 11) is 0. The standard InChI is InChI=1S/C15H14BrF6NO3/c1-13(2,3)26-12(25)23-9-5-7(14(17,18)19)4-8(15(20,21)22)11(9)10(24)6-16/h4-5H,6H2,1-3H3,(H,23,25). The highest BCUT2D eigenvalue weighted by Crippen LogP contribution is 2.41. The maximum Gasteiger partial charge on any atom is 0.417 e. The lowest BCUT2D eigenvalue weighted by molar-refractivity contribution is -0.143. The summed E-state index contributed by atoms with van der Waals surface area (Å²) < 4.78 is 83.4. The number of ketones is 1. The second-order valence-corrected chi connectivity index (χ2v) is 6.69. The normalized spacial score (nSPS) is 12.7. The molecule has 1 rings (SSSR count). The topological polar surface area (TPSA) is 55.4 Å². The van der Waals surface area contributed by atoms with E-state index in [-0.39, 0.29) is 12.1 Å². The van der Waals surface area contributed by atoms with Gasteiger partial charge in [0.1, 0.15) is 5.60 Å². The number of Topliss-reactive ketones (excluding diaryl/α,β-unsaturated/α-hetero) is 1. The predicted octanol–water partition coefficient (Wildman–Crippen LogP) is 5.65. The van der Waals surface area contributed by atoms with Crippen LogP contribution >= 0.6 is 15.9 Å². The molecule has 0 spiro atoms. The molecule has 26 heavy (non-hydrogen) atoms. The van der Waals surface area contributed by atoms with Crippen LogP contribution in [0.25, 0.3) is 0 Å². The number of hydrogen-bond acceptors (Lipinski definition) is 3. The molecule has 0 unspecified atom stereocenters. The van der Waals surface area contributed by atoms with Gasteiger partial charge in [-0.1, -0.05) is 15.9 Å². The molecule has 0 bridgehead atoms. The Balaban J connectivity index is 3.63. The van der Waals surface area contributed by atoms with Crippen molar-refractivity contribution in [3.05, 3.63) is 28.8 Å². The quantitative estimate of drug-likeness (QED) is 0.368. The van der Waals surface area contributed by atoms with Crippen molar-refractivity contribution in [2.45, 2.75) is 38.7 Å². The highest BCUT2D eigenvalue weighted by atomic mass is 79.9. The van der Waals surface area contributed by atoms with E-state index in [1.54, 1.807) is 5.32 Å². The SMILES string of the molecule is CC(C)(C)OC(=O)Nc1cc(C(F)(F)F)cc(C(F)(F)F)c1C(=O)CBr. The molecule has 11 heteroatoms. The highest BCUT2D eigenvalue weighted by molar-refractivity contribution is 9.09.